The van der Waals surface area contributed by atoms with Crippen LogP contribution in [-0.2, 0) is 0 Å². The van der Waals surface area contributed by atoms with Gasteiger partial charge in [-0.05, 0) is 24.6 Å². The quantitative estimate of drug-likeness (QED) is 0.740. The molecule has 0 aromatic heterocycles. The third-order valence-corrected chi connectivity index (χ3v) is 2.85. The summed E-state index contributed by atoms with van der Waals surface area (Å²) >= 11 is 6.09. The molecule has 18 heavy (non-hydrogen) atoms. The summed E-state index contributed by atoms with van der Waals surface area (Å²) in [6.07, 6.45) is 2.61. The molecule has 0 unspecified atom stereocenters. The van der Waals surface area contributed by atoms with Crippen LogP contribution in [0.4, 0.5) is 0 Å². The lowest BCUT2D eigenvalue weighted by Gasteiger charge is -2.21. The Balaban J connectivity index is 2.97. The molecule has 3 nitrogen and oxygen atoms in total. The highest BCUT2D eigenvalue weighted by atomic mass is 35.5. The summed E-state index contributed by atoms with van der Waals surface area (Å²) in [4.78, 5) is 14.0. The van der Waals surface area contributed by atoms with Gasteiger partial charge in [0.25, 0.3) is 5.91 Å². The molecule has 0 spiro atoms. The molecule has 0 heterocycles. The highest BCUT2D eigenvalue weighted by molar-refractivity contribution is 6.34. The predicted octanol–water partition coefficient (Wildman–Crippen LogP) is 3.39. The number of hydrogen-bond acceptors (Lipinski definition) is 2. The molecule has 1 aromatic rings. The highest BCUT2D eigenvalue weighted by Gasteiger charge is 2.17. The smallest absolute Gasteiger partial charge is 0.255 e. The maximum atomic E-state index is 12.3. The van der Waals surface area contributed by atoms with Gasteiger partial charge in [0.2, 0.25) is 0 Å². The van der Waals surface area contributed by atoms with E-state index in [2.05, 4.69) is 6.58 Å². The van der Waals surface area contributed by atoms with Gasteiger partial charge in [-0.3, -0.25) is 4.79 Å². The average Bonchev–Trinajstić information content (AvgIpc) is 2.37. The minimum atomic E-state index is -0.0793. The molecular weight excluding hydrogens is 250 g/mol. The number of ether oxygens (including phenoxy) is 1. The second-order valence-electron chi connectivity index (χ2n) is 3.89. The molecule has 0 N–H and O–H groups in total. The van der Waals surface area contributed by atoms with E-state index in [1.165, 1.54) is 0 Å². The van der Waals surface area contributed by atoms with Crippen molar-refractivity contribution in [3.63, 3.8) is 0 Å². The Morgan fingerprint density at radius 2 is 2.28 bits per heavy atom. The van der Waals surface area contributed by atoms with Crippen LogP contribution in [0.1, 0.15) is 23.7 Å². The lowest BCUT2D eigenvalue weighted by molar-refractivity contribution is 0.0774. The van der Waals surface area contributed by atoms with Crippen molar-refractivity contribution in [3.05, 3.63) is 41.4 Å². The minimum Gasteiger partial charge on any atom is -0.497 e. The van der Waals surface area contributed by atoms with Crippen LogP contribution in [0.5, 0.6) is 5.75 Å². The van der Waals surface area contributed by atoms with Gasteiger partial charge in [0.15, 0.2) is 0 Å². The molecule has 0 atom stereocenters. The molecular formula is C14H18ClNO2. The summed E-state index contributed by atoms with van der Waals surface area (Å²) in [6, 6.07) is 5.07. The zero-order valence-electron chi connectivity index (χ0n) is 10.8. The molecule has 0 aliphatic heterocycles. The van der Waals surface area contributed by atoms with E-state index in [9.17, 15) is 4.79 Å². The van der Waals surface area contributed by atoms with Crippen molar-refractivity contribution >= 4 is 17.5 Å². The van der Waals surface area contributed by atoms with Crippen molar-refractivity contribution in [2.45, 2.75) is 13.3 Å². The van der Waals surface area contributed by atoms with Crippen molar-refractivity contribution in [2.24, 2.45) is 0 Å². The van der Waals surface area contributed by atoms with Crippen molar-refractivity contribution < 1.29 is 9.53 Å². The van der Waals surface area contributed by atoms with Gasteiger partial charge in [-0.1, -0.05) is 24.6 Å². The van der Waals surface area contributed by atoms with E-state index in [4.69, 9.17) is 16.3 Å². The van der Waals surface area contributed by atoms with Crippen LogP contribution >= 0.6 is 11.6 Å². The third-order valence-electron chi connectivity index (χ3n) is 2.54. The molecule has 0 aliphatic carbocycles. The van der Waals surface area contributed by atoms with Crippen LogP contribution in [0.15, 0.2) is 30.9 Å². The van der Waals surface area contributed by atoms with E-state index in [0.717, 1.165) is 6.42 Å². The molecule has 4 heteroatoms. The van der Waals surface area contributed by atoms with Gasteiger partial charge in [0, 0.05) is 13.1 Å². The normalized spacial score (nSPS) is 9.94. The molecule has 0 aliphatic rings. The van der Waals surface area contributed by atoms with E-state index in [1.807, 2.05) is 6.92 Å². The van der Waals surface area contributed by atoms with Gasteiger partial charge < -0.3 is 9.64 Å². The van der Waals surface area contributed by atoms with E-state index in [1.54, 1.807) is 36.3 Å². The van der Waals surface area contributed by atoms with Crippen LogP contribution in [0.25, 0.3) is 0 Å². The predicted molar refractivity (Wildman–Crippen MR) is 74.4 cm³/mol. The molecule has 1 rings (SSSR count). The molecule has 98 valence electrons. The molecule has 0 radical (unpaired) electrons. The fraction of sp³-hybridized carbons (Fsp3) is 0.357. The third kappa shape index (κ3) is 3.50. The van der Waals surface area contributed by atoms with E-state index in [-0.39, 0.29) is 5.91 Å². The average molecular weight is 268 g/mol. The van der Waals surface area contributed by atoms with E-state index in [0.29, 0.717) is 29.4 Å². The Hall–Kier alpha value is -1.48. The lowest BCUT2D eigenvalue weighted by Crippen LogP contribution is -2.32. The van der Waals surface area contributed by atoms with Crippen LogP contribution in [0.3, 0.4) is 0 Å². The second kappa shape index (κ2) is 7.07. The van der Waals surface area contributed by atoms with Crippen LogP contribution < -0.4 is 4.74 Å². The fourth-order valence-corrected chi connectivity index (χ4v) is 1.92. The second-order valence-corrected chi connectivity index (χ2v) is 4.29. The fourth-order valence-electron chi connectivity index (χ4n) is 1.67. The number of nitrogens with zero attached hydrogens (tertiary/aromatic N) is 1. The maximum absolute atomic E-state index is 12.3. The number of rotatable bonds is 6. The number of benzene rings is 1. The number of carbonyl (C=O) groups is 1. The number of methoxy groups -OCH3 is 1. The molecule has 1 aromatic carbocycles. The monoisotopic (exact) mass is 267 g/mol. The van der Waals surface area contributed by atoms with Gasteiger partial charge in [-0.15, -0.1) is 6.58 Å². The summed E-state index contributed by atoms with van der Waals surface area (Å²) in [6.45, 7) is 6.90. The van der Waals surface area contributed by atoms with Gasteiger partial charge in [-0.2, -0.15) is 0 Å². The summed E-state index contributed by atoms with van der Waals surface area (Å²) in [7, 11) is 1.56. The first-order chi connectivity index (χ1) is 8.63. The van der Waals surface area contributed by atoms with Crippen LogP contribution in [-0.4, -0.2) is 31.0 Å². The SMILES string of the molecule is C=CCN(CCC)C(=O)c1ccc(OC)cc1Cl. The topological polar surface area (TPSA) is 29.5 Å². The van der Waals surface area contributed by atoms with E-state index < -0.39 is 0 Å². The largest absolute Gasteiger partial charge is 0.497 e. The minimum absolute atomic E-state index is 0.0793. The lowest BCUT2D eigenvalue weighted by atomic mass is 10.2. The van der Waals surface area contributed by atoms with Crippen LogP contribution in [0.2, 0.25) is 5.02 Å². The summed E-state index contributed by atoms with van der Waals surface area (Å²) in [5.41, 5.74) is 0.493. The van der Waals surface area contributed by atoms with Crippen molar-refractivity contribution in [2.75, 3.05) is 20.2 Å². The van der Waals surface area contributed by atoms with E-state index >= 15 is 0 Å². The van der Waals surface area contributed by atoms with Crippen molar-refractivity contribution in [3.8, 4) is 5.75 Å². The maximum Gasteiger partial charge on any atom is 0.255 e. The van der Waals surface area contributed by atoms with Crippen molar-refractivity contribution in [1.82, 2.24) is 4.90 Å². The molecule has 1 amide bonds. The van der Waals surface area contributed by atoms with Gasteiger partial charge in [0.05, 0.1) is 17.7 Å². The van der Waals surface area contributed by atoms with Crippen molar-refractivity contribution in [1.29, 1.82) is 0 Å². The Bertz CT molecular complexity index is 432. The Kier molecular flexibility index (Phi) is 5.72. The first-order valence-electron chi connectivity index (χ1n) is 5.87. The van der Waals surface area contributed by atoms with Gasteiger partial charge >= 0.3 is 0 Å². The van der Waals surface area contributed by atoms with Gasteiger partial charge in [-0.25, -0.2) is 0 Å². The Labute approximate surface area is 113 Å². The number of halogens is 1. The molecule has 0 fully saturated rings. The number of carbonyl (C=O) groups excluding carboxylic acids is 1. The van der Waals surface area contributed by atoms with Crippen LogP contribution in [0, 0.1) is 0 Å². The number of hydrogen-bond donors (Lipinski definition) is 0. The van der Waals surface area contributed by atoms with Gasteiger partial charge in [0.1, 0.15) is 5.75 Å². The zero-order chi connectivity index (χ0) is 13.5. The summed E-state index contributed by atoms with van der Waals surface area (Å²) in [5.74, 6) is 0.562. The molecule has 0 saturated heterocycles. The standard InChI is InChI=1S/C14H18ClNO2/c1-4-8-16(9-5-2)14(17)12-7-6-11(18-3)10-13(12)15/h4,6-7,10H,1,5,8-9H2,2-3H3. The Morgan fingerprint density at radius 3 is 2.78 bits per heavy atom. The highest BCUT2D eigenvalue weighted by Crippen LogP contribution is 2.23. The molecule has 0 bridgehead atoms. The summed E-state index contributed by atoms with van der Waals surface area (Å²) < 4.78 is 5.06. The summed E-state index contributed by atoms with van der Waals surface area (Å²) in [5, 5.41) is 0.407. The molecule has 0 saturated carbocycles. The number of amides is 1. The zero-order valence-corrected chi connectivity index (χ0v) is 11.5. The first-order valence-corrected chi connectivity index (χ1v) is 6.25. The first kappa shape index (κ1) is 14.6. The Morgan fingerprint density at radius 1 is 1.56 bits per heavy atom.